The molecule has 0 radical (unpaired) electrons. The minimum absolute atomic E-state index is 0.0125. The van der Waals surface area contributed by atoms with Crippen molar-refractivity contribution in [3.8, 4) is 0 Å². The SMILES string of the molecule is CCCCCCCCCCCCCCCCCC(=O)OCCC.CCCCCCCCCCCCCCCCCCC(CC(=O)C(=O)CC(CCCCCCCCCCCCCCCCCC)C(=O)O)C(=O)O. The van der Waals surface area contributed by atoms with Crippen molar-refractivity contribution >= 4 is 29.5 Å². The molecule has 8 heteroatoms. The molecule has 0 aromatic carbocycles. The molecule has 0 rings (SSSR count). The van der Waals surface area contributed by atoms with Gasteiger partial charge in [-0.2, -0.15) is 0 Å². The third-order valence-electron chi connectivity index (χ3n) is 15.1. The fourth-order valence-corrected chi connectivity index (χ4v) is 10.1. The number of carboxylic acids is 2. The van der Waals surface area contributed by atoms with Crippen LogP contribution in [0.3, 0.4) is 0 Å². The number of hydrogen-bond acceptors (Lipinski definition) is 6. The summed E-state index contributed by atoms with van der Waals surface area (Å²) in [5.41, 5.74) is 0. The van der Waals surface area contributed by atoms with E-state index >= 15 is 0 Å². The second-order valence-corrected chi connectivity index (χ2v) is 22.4. The predicted octanol–water partition coefficient (Wildman–Crippen LogP) is 20.8. The normalized spacial score (nSPS) is 12.1. The molecule has 0 amide bonds. The number of rotatable bonds is 59. The van der Waals surface area contributed by atoms with Crippen LogP contribution in [0, 0.1) is 11.8 Å². The van der Waals surface area contributed by atoms with E-state index in [2.05, 4.69) is 20.8 Å². The number of ether oxygens (including phenoxy) is 1. The lowest BCUT2D eigenvalue weighted by molar-refractivity contribution is -0.148. The van der Waals surface area contributed by atoms with Crippen LogP contribution in [0.25, 0.3) is 0 Å². The first-order valence-corrected chi connectivity index (χ1v) is 32.3. The van der Waals surface area contributed by atoms with Crippen molar-refractivity contribution in [2.75, 3.05) is 6.61 Å². The standard InChI is InChI=1S/C44H82O6.C21H42O2/c1-3-5-7-9-11-13-15-17-19-21-23-25-27-29-31-33-35-39(43(47)48)37-41(45)42(46)38-40(44(49)50)36-34-32-30-28-26-24-22-20-18-16-14-12-10-8-6-4-2;1-3-5-6-7-8-9-10-11-12-13-14-15-16-17-18-19-21(22)23-20-4-2/h39-40H,3-38H2,1-2H3,(H,47,48)(H,49,50);3-20H2,1-2H3. The number of unbranched alkanes of at least 4 members (excludes halogenated alkanes) is 44. The Morgan fingerprint density at radius 1 is 0.288 bits per heavy atom. The van der Waals surface area contributed by atoms with Crippen molar-refractivity contribution in [1.82, 2.24) is 0 Å². The molecule has 0 spiro atoms. The molecule has 0 saturated carbocycles. The minimum atomic E-state index is -1.05. The van der Waals surface area contributed by atoms with Crippen LogP contribution in [0.4, 0.5) is 0 Å². The fraction of sp³-hybridized carbons (Fsp3) is 0.923. The summed E-state index contributed by atoms with van der Waals surface area (Å²) >= 11 is 0. The molecule has 0 aromatic heterocycles. The van der Waals surface area contributed by atoms with Crippen molar-refractivity contribution in [2.45, 2.75) is 368 Å². The number of Topliss-reactive ketones (excluding diaryl/α,β-unsaturated/α-hetero) is 2. The van der Waals surface area contributed by atoms with Gasteiger partial charge in [0.25, 0.3) is 0 Å². The molecule has 0 aromatic rings. The Hall–Kier alpha value is -2.25. The molecule has 2 unspecified atom stereocenters. The molecule has 0 aliphatic carbocycles. The van der Waals surface area contributed by atoms with Gasteiger partial charge in [-0.3, -0.25) is 24.0 Å². The maximum atomic E-state index is 12.6. The van der Waals surface area contributed by atoms with Gasteiger partial charge in [0.15, 0.2) is 11.6 Å². The Kier molecular flexibility index (Phi) is 60.5. The zero-order chi connectivity index (χ0) is 53.9. The Labute approximate surface area is 453 Å². The van der Waals surface area contributed by atoms with E-state index in [1.807, 2.05) is 6.92 Å². The highest BCUT2D eigenvalue weighted by atomic mass is 16.5. The average Bonchev–Trinajstić information content (AvgIpc) is 3.38. The van der Waals surface area contributed by atoms with Gasteiger partial charge in [0.05, 0.1) is 18.4 Å². The molecule has 0 aliphatic heterocycles. The lowest BCUT2D eigenvalue weighted by atomic mass is 9.90. The molecule has 73 heavy (non-hydrogen) atoms. The topological polar surface area (TPSA) is 135 Å². The second kappa shape index (κ2) is 60.6. The highest BCUT2D eigenvalue weighted by Gasteiger charge is 2.28. The molecular weight excluding hydrogens is 909 g/mol. The Morgan fingerprint density at radius 3 is 0.699 bits per heavy atom. The zero-order valence-corrected chi connectivity index (χ0v) is 49.2. The van der Waals surface area contributed by atoms with E-state index in [1.165, 1.54) is 244 Å². The Balaban J connectivity index is 0. The van der Waals surface area contributed by atoms with E-state index in [1.54, 1.807) is 0 Å². The van der Waals surface area contributed by atoms with Crippen molar-refractivity contribution < 1.29 is 38.9 Å². The lowest BCUT2D eigenvalue weighted by Crippen LogP contribution is -2.26. The second-order valence-electron chi connectivity index (χ2n) is 22.4. The van der Waals surface area contributed by atoms with Crippen LogP contribution < -0.4 is 0 Å². The van der Waals surface area contributed by atoms with Gasteiger partial charge < -0.3 is 14.9 Å². The molecular formula is C65H124O8. The van der Waals surface area contributed by atoms with Crippen LogP contribution in [-0.4, -0.2) is 46.3 Å². The summed E-state index contributed by atoms with van der Waals surface area (Å²) in [5, 5.41) is 19.3. The zero-order valence-electron chi connectivity index (χ0n) is 49.2. The summed E-state index contributed by atoms with van der Waals surface area (Å²) in [4.78, 5) is 60.1. The van der Waals surface area contributed by atoms with Gasteiger partial charge in [0.1, 0.15) is 0 Å². The first kappa shape index (κ1) is 72.8. The third kappa shape index (κ3) is 57.3. The largest absolute Gasteiger partial charge is 0.481 e. The number of aliphatic carboxylic acids is 2. The lowest BCUT2D eigenvalue weighted by Gasteiger charge is -2.13. The molecule has 0 bridgehead atoms. The summed E-state index contributed by atoms with van der Waals surface area (Å²) in [7, 11) is 0. The maximum Gasteiger partial charge on any atom is 0.306 e. The first-order valence-electron chi connectivity index (χ1n) is 32.3. The summed E-state index contributed by atoms with van der Waals surface area (Å²) in [6.07, 6.45) is 61.9. The van der Waals surface area contributed by atoms with Crippen molar-refractivity contribution in [2.24, 2.45) is 11.8 Å². The quantitative estimate of drug-likeness (QED) is 0.0349. The molecule has 2 atom stereocenters. The van der Waals surface area contributed by atoms with Crippen molar-refractivity contribution in [3.05, 3.63) is 0 Å². The van der Waals surface area contributed by atoms with E-state index in [0.717, 1.165) is 64.2 Å². The van der Waals surface area contributed by atoms with Gasteiger partial charge >= 0.3 is 17.9 Å². The van der Waals surface area contributed by atoms with E-state index in [0.29, 0.717) is 25.9 Å². The maximum absolute atomic E-state index is 12.6. The number of carboxylic acid groups (broad SMARTS) is 2. The van der Waals surface area contributed by atoms with Gasteiger partial charge in [-0.1, -0.05) is 323 Å². The molecule has 0 aliphatic rings. The smallest absolute Gasteiger partial charge is 0.306 e. The van der Waals surface area contributed by atoms with Crippen LogP contribution in [0.5, 0.6) is 0 Å². The van der Waals surface area contributed by atoms with Crippen LogP contribution in [-0.2, 0) is 28.7 Å². The monoisotopic (exact) mass is 1030 g/mol. The van der Waals surface area contributed by atoms with Crippen LogP contribution in [0.15, 0.2) is 0 Å². The fourth-order valence-electron chi connectivity index (χ4n) is 10.1. The Bertz CT molecular complexity index is 1130. The van der Waals surface area contributed by atoms with Crippen LogP contribution >= 0.6 is 0 Å². The van der Waals surface area contributed by atoms with Gasteiger partial charge in [-0.15, -0.1) is 0 Å². The first-order chi connectivity index (χ1) is 35.6. The highest BCUT2D eigenvalue weighted by molar-refractivity contribution is 6.37. The molecule has 432 valence electrons. The van der Waals surface area contributed by atoms with Gasteiger partial charge in [-0.05, 0) is 25.7 Å². The number of hydrogen-bond donors (Lipinski definition) is 2. The number of carbonyl (C=O) groups excluding carboxylic acids is 3. The number of carbonyl (C=O) groups is 5. The van der Waals surface area contributed by atoms with Crippen molar-refractivity contribution in [3.63, 3.8) is 0 Å². The van der Waals surface area contributed by atoms with Gasteiger partial charge in [-0.25, -0.2) is 0 Å². The molecule has 8 nitrogen and oxygen atoms in total. The number of esters is 1. The summed E-state index contributed by atoms with van der Waals surface area (Å²) in [6.45, 7) is 9.41. The van der Waals surface area contributed by atoms with Gasteiger partial charge in [0, 0.05) is 19.3 Å². The van der Waals surface area contributed by atoms with E-state index in [9.17, 15) is 34.2 Å². The van der Waals surface area contributed by atoms with Gasteiger partial charge in [0.2, 0.25) is 0 Å². The number of ketones is 2. The van der Waals surface area contributed by atoms with Crippen LogP contribution in [0.2, 0.25) is 0 Å². The van der Waals surface area contributed by atoms with E-state index in [4.69, 9.17) is 4.74 Å². The van der Waals surface area contributed by atoms with Crippen molar-refractivity contribution in [1.29, 1.82) is 0 Å². The molecule has 0 fully saturated rings. The molecule has 0 heterocycles. The van der Waals surface area contributed by atoms with E-state index < -0.39 is 35.3 Å². The molecule has 2 N–H and O–H groups in total. The minimum Gasteiger partial charge on any atom is -0.481 e. The van der Waals surface area contributed by atoms with Crippen LogP contribution in [0.1, 0.15) is 368 Å². The summed E-state index contributed by atoms with van der Waals surface area (Å²) in [5.74, 6) is -5.31. The summed E-state index contributed by atoms with van der Waals surface area (Å²) < 4.78 is 5.07. The third-order valence-corrected chi connectivity index (χ3v) is 15.1. The average molecular weight is 1030 g/mol. The van der Waals surface area contributed by atoms with E-state index in [-0.39, 0.29) is 18.8 Å². The Morgan fingerprint density at radius 2 is 0.493 bits per heavy atom. The molecule has 0 saturated heterocycles. The summed E-state index contributed by atoms with van der Waals surface area (Å²) in [6, 6.07) is 0. The highest BCUT2D eigenvalue weighted by Crippen LogP contribution is 2.22. The predicted molar refractivity (Wildman–Crippen MR) is 311 cm³/mol.